The van der Waals surface area contributed by atoms with Gasteiger partial charge >= 0.3 is 0 Å². The Kier molecular flexibility index (Phi) is 4.38. The molecule has 0 fully saturated rings. The van der Waals surface area contributed by atoms with Gasteiger partial charge in [-0.3, -0.25) is 0 Å². The van der Waals surface area contributed by atoms with Gasteiger partial charge in [0.05, 0.1) is 10.6 Å². The van der Waals surface area contributed by atoms with Gasteiger partial charge in [0.25, 0.3) is 0 Å². The molecule has 1 heterocycles. The van der Waals surface area contributed by atoms with E-state index >= 15 is 0 Å². The van der Waals surface area contributed by atoms with Gasteiger partial charge in [-0.2, -0.15) is 0 Å². The van der Waals surface area contributed by atoms with Crippen molar-refractivity contribution >= 4 is 15.7 Å². The first-order chi connectivity index (χ1) is 11.8. The molecule has 2 N–H and O–H groups in total. The number of halogens is 1. The van der Waals surface area contributed by atoms with Gasteiger partial charge in [-0.05, 0) is 36.4 Å². The number of hydrogen-bond donors (Lipinski definition) is 1. The number of aliphatic imine (C=N–C) groups is 1. The lowest BCUT2D eigenvalue weighted by Gasteiger charge is -2.35. The fraction of sp³-hybridized carbons (Fsp3) is 0.278. The van der Waals surface area contributed by atoms with Crippen molar-refractivity contribution in [1.82, 2.24) is 0 Å². The van der Waals surface area contributed by atoms with Crippen LogP contribution in [-0.4, -0.2) is 19.9 Å². The molecule has 0 aromatic heterocycles. The van der Waals surface area contributed by atoms with E-state index < -0.39 is 15.7 Å². The Morgan fingerprint density at radius 1 is 1.12 bits per heavy atom. The van der Waals surface area contributed by atoms with Crippen LogP contribution in [0.15, 0.2) is 52.4 Å². The van der Waals surface area contributed by atoms with Crippen molar-refractivity contribution < 1.29 is 17.5 Å². The minimum absolute atomic E-state index is 0.0206. The van der Waals surface area contributed by atoms with E-state index in [1.54, 1.807) is 18.2 Å². The number of hydrogen-bond acceptors (Lipinski definition) is 4. The standard InChI is InChI=1S/C18H19FN2O3S/c1-3-18(4-2)21-17(12-5-7-13(19)8-6-12)15-10-9-14(25(20,22)23)11-16(15)24-18/h5-11H,3-4H2,1-2H3,(H2,20,22,23). The minimum atomic E-state index is -3.84. The second-order valence-corrected chi connectivity index (χ2v) is 7.49. The Hall–Kier alpha value is -2.25. The van der Waals surface area contributed by atoms with E-state index in [1.807, 2.05) is 13.8 Å². The van der Waals surface area contributed by atoms with Crippen LogP contribution in [0.4, 0.5) is 4.39 Å². The van der Waals surface area contributed by atoms with Gasteiger partial charge in [0, 0.05) is 30.0 Å². The van der Waals surface area contributed by atoms with E-state index in [1.165, 1.54) is 24.3 Å². The first-order valence-electron chi connectivity index (χ1n) is 8.00. The average Bonchev–Trinajstić information content (AvgIpc) is 2.60. The zero-order valence-corrected chi connectivity index (χ0v) is 14.8. The van der Waals surface area contributed by atoms with Crippen molar-refractivity contribution in [2.45, 2.75) is 37.3 Å². The summed E-state index contributed by atoms with van der Waals surface area (Å²) in [7, 11) is -3.84. The van der Waals surface area contributed by atoms with Crippen molar-refractivity contribution in [3.63, 3.8) is 0 Å². The summed E-state index contributed by atoms with van der Waals surface area (Å²) in [5, 5.41) is 5.23. The molecule has 7 heteroatoms. The number of ether oxygens (including phenoxy) is 1. The van der Waals surface area contributed by atoms with E-state index in [0.29, 0.717) is 29.9 Å². The molecule has 0 amide bonds. The van der Waals surface area contributed by atoms with Crippen molar-refractivity contribution in [2.24, 2.45) is 10.1 Å². The third-order valence-electron chi connectivity index (χ3n) is 4.37. The number of sulfonamides is 1. The van der Waals surface area contributed by atoms with Crippen LogP contribution in [0.25, 0.3) is 0 Å². The molecule has 0 atom stereocenters. The highest BCUT2D eigenvalue weighted by molar-refractivity contribution is 7.89. The molecule has 0 saturated heterocycles. The normalized spacial score (nSPS) is 15.9. The van der Waals surface area contributed by atoms with E-state index in [2.05, 4.69) is 0 Å². The van der Waals surface area contributed by atoms with Crippen LogP contribution in [0.1, 0.15) is 37.8 Å². The lowest BCUT2D eigenvalue weighted by Crippen LogP contribution is -2.37. The SMILES string of the molecule is CCC1(CC)N=C(c2ccc(F)cc2)c2ccc(S(N)(=O)=O)cc2O1. The number of nitrogens with two attached hydrogens (primary N) is 1. The number of rotatable bonds is 4. The highest BCUT2D eigenvalue weighted by Gasteiger charge is 2.35. The summed E-state index contributed by atoms with van der Waals surface area (Å²) in [6.45, 7) is 3.90. The summed E-state index contributed by atoms with van der Waals surface area (Å²) in [6, 6.07) is 10.5. The second kappa shape index (κ2) is 6.24. The molecule has 0 spiro atoms. The summed E-state index contributed by atoms with van der Waals surface area (Å²) in [6.07, 6.45) is 1.21. The molecule has 1 aliphatic rings. The van der Waals surface area contributed by atoms with Gasteiger partial charge in [-0.1, -0.05) is 13.8 Å². The maximum absolute atomic E-state index is 13.3. The van der Waals surface area contributed by atoms with Crippen molar-refractivity contribution in [3.05, 3.63) is 59.4 Å². The number of primary sulfonamides is 1. The number of benzene rings is 2. The molecule has 2 aromatic rings. The number of fused-ring (bicyclic) bond motifs is 1. The van der Waals surface area contributed by atoms with Gasteiger partial charge in [0.1, 0.15) is 11.6 Å². The summed E-state index contributed by atoms with van der Waals surface area (Å²) in [4.78, 5) is 4.75. The molecule has 0 unspecified atom stereocenters. The van der Waals surface area contributed by atoms with Crippen LogP contribution in [0.3, 0.4) is 0 Å². The molecule has 0 saturated carbocycles. The molecule has 132 valence electrons. The Morgan fingerprint density at radius 2 is 1.76 bits per heavy atom. The zero-order chi connectivity index (χ0) is 18.2. The Labute approximate surface area is 146 Å². The van der Waals surface area contributed by atoms with Crippen LogP contribution in [-0.2, 0) is 10.0 Å². The van der Waals surface area contributed by atoms with E-state index in [-0.39, 0.29) is 10.7 Å². The van der Waals surface area contributed by atoms with Gasteiger partial charge < -0.3 is 4.74 Å². The third-order valence-corrected chi connectivity index (χ3v) is 5.29. The molecular formula is C18H19FN2O3S. The monoisotopic (exact) mass is 362 g/mol. The molecule has 0 aliphatic carbocycles. The van der Waals surface area contributed by atoms with Crippen LogP contribution in [0.2, 0.25) is 0 Å². The van der Waals surface area contributed by atoms with E-state index in [4.69, 9.17) is 14.9 Å². The summed E-state index contributed by atoms with van der Waals surface area (Å²) < 4.78 is 42.6. The van der Waals surface area contributed by atoms with Gasteiger partial charge in [0.2, 0.25) is 10.0 Å². The van der Waals surface area contributed by atoms with Gasteiger partial charge in [-0.25, -0.2) is 22.9 Å². The average molecular weight is 362 g/mol. The van der Waals surface area contributed by atoms with E-state index in [9.17, 15) is 12.8 Å². The molecule has 0 bridgehead atoms. The highest BCUT2D eigenvalue weighted by atomic mass is 32.2. The van der Waals surface area contributed by atoms with Gasteiger partial charge in [0.15, 0.2) is 5.72 Å². The van der Waals surface area contributed by atoms with Crippen LogP contribution in [0.5, 0.6) is 5.75 Å². The molecule has 1 aliphatic heterocycles. The first kappa shape index (κ1) is 17.6. The maximum Gasteiger partial charge on any atom is 0.238 e. The van der Waals surface area contributed by atoms with Crippen LogP contribution in [0, 0.1) is 5.82 Å². The Morgan fingerprint density at radius 3 is 2.32 bits per heavy atom. The molecule has 2 aromatic carbocycles. The van der Waals surface area contributed by atoms with Crippen LogP contribution >= 0.6 is 0 Å². The predicted octanol–water partition coefficient (Wildman–Crippen LogP) is 3.22. The summed E-state index contributed by atoms with van der Waals surface area (Å²) in [5.41, 5.74) is 1.23. The quantitative estimate of drug-likeness (QED) is 0.907. The lowest BCUT2D eigenvalue weighted by molar-refractivity contribution is 0.0656. The summed E-state index contributed by atoms with van der Waals surface area (Å²) >= 11 is 0. The van der Waals surface area contributed by atoms with Gasteiger partial charge in [-0.15, -0.1) is 0 Å². The lowest BCUT2D eigenvalue weighted by atomic mass is 9.97. The van der Waals surface area contributed by atoms with Crippen LogP contribution < -0.4 is 9.88 Å². The molecule has 3 rings (SSSR count). The topological polar surface area (TPSA) is 81.8 Å². The fourth-order valence-electron chi connectivity index (χ4n) is 2.83. The first-order valence-corrected chi connectivity index (χ1v) is 9.54. The zero-order valence-electron chi connectivity index (χ0n) is 14.0. The number of nitrogens with zero attached hydrogens (tertiary/aromatic N) is 1. The molecular weight excluding hydrogens is 343 g/mol. The van der Waals surface area contributed by atoms with Crippen molar-refractivity contribution in [1.29, 1.82) is 0 Å². The minimum Gasteiger partial charge on any atom is -0.465 e. The summed E-state index contributed by atoms with van der Waals surface area (Å²) in [5.74, 6) is 0.0722. The highest BCUT2D eigenvalue weighted by Crippen LogP contribution is 2.37. The Balaban J connectivity index is 2.22. The molecule has 25 heavy (non-hydrogen) atoms. The molecule has 0 radical (unpaired) electrons. The largest absolute Gasteiger partial charge is 0.465 e. The Bertz CT molecular complexity index is 933. The fourth-order valence-corrected chi connectivity index (χ4v) is 3.36. The molecule has 5 nitrogen and oxygen atoms in total. The van der Waals surface area contributed by atoms with Crippen molar-refractivity contribution in [2.75, 3.05) is 0 Å². The van der Waals surface area contributed by atoms with Crippen molar-refractivity contribution in [3.8, 4) is 5.75 Å². The second-order valence-electron chi connectivity index (χ2n) is 5.93. The predicted molar refractivity (Wildman–Crippen MR) is 93.8 cm³/mol. The third kappa shape index (κ3) is 3.29. The smallest absolute Gasteiger partial charge is 0.238 e. The maximum atomic E-state index is 13.3. The van der Waals surface area contributed by atoms with E-state index in [0.717, 1.165) is 5.56 Å².